The van der Waals surface area contributed by atoms with E-state index in [1.165, 1.54) is 12.3 Å². The van der Waals surface area contributed by atoms with Crippen molar-refractivity contribution in [3.63, 3.8) is 0 Å². The summed E-state index contributed by atoms with van der Waals surface area (Å²) < 4.78 is 1.66. The minimum Gasteiger partial charge on any atom is -0.478 e. The van der Waals surface area contributed by atoms with Crippen LogP contribution in [0.25, 0.3) is 0 Å². The van der Waals surface area contributed by atoms with Gasteiger partial charge in [-0.2, -0.15) is 5.10 Å². The Morgan fingerprint density at radius 2 is 2.17 bits per heavy atom. The average Bonchev–Trinajstić information content (AvgIpc) is 2.74. The molecule has 2 heterocycles. The second kappa shape index (κ2) is 4.72. The summed E-state index contributed by atoms with van der Waals surface area (Å²) in [7, 11) is 1.81. The van der Waals surface area contributed by atoms with Crippen LogP contribution in [0.3, 0.4) is 0 Å². The Morgan fingerprint density at radius 1 is 1.39 bits per heavy atom. The van der Waals surface area contributed by atoms with E-state index in [1.807, 2.05) is 7.05 Å². The van der Waals surface area contributed by atoms with Crippen molar-refractivity contribution >= 4 is 5.97 Å². The summed E-state index contributed by atoms with van der Waals surface area (Å²) in [6, 6.07) is 1.52. The highest BCUT2D eigenvalue weighted by molar-refractivity contribution is 5.87. The summed E-state index contributed by atoms with van der Waals surface area (Å²) in [6.45, 7) is 1.79. The van der Waals surface area contributed by atoms with Crippen LogP contribution in [0.15, 0.2) is 24.7 Å². The summed E-state index contributed by atoms with van der Waals surface area (Å²) in [5, 5.41) is 12.9. The van der Waals surface area contributed by atoms with Gasteiger partial charge in [-0.1, -0.05) is 11.8 Å². The molecule has 2 aromatic rings. The SMILES string of the molecule is Cc1ncc(C(=O)O)cc1C#Cc1cnn(C)c1. The lowest BCUT2D eigenvalue weighted by molar-refractivity contribution is 0.0696. The standard InChI is InChI=1S/C13H11N3O2/c1-9-11(5-12(7-14-9)13(17)18)4-3-10-6-15-16(2)8-10/h5-8H,1-2H3,(H,17,18). The molecule has 0 spiro atoms. The second-order valence-electron chi connectivity index (χ2n) is 3.81. The molecule has 0 aromatic carbocycles. The van der Waals surface area contributed by atoms with Crippen LogP contribution in [0, 0.1) is 18.8 Å². The van der Waals surface area contributed by atoms with Crippen LogP contribution in [0.2, 0.25) is 0 Å². The van der Waals surface area contributed by atoms with E-state index in [-0.39, 0.29) is 5.56 Å². The number of pyridine rings is 1. The van der Waals surface area contributed by atoms with E-state index in [2.05, 4.69) is 21.9 Å². The molecule has 0 aliphatic carbocycles. The molecule has 0 amide bonds. The molecule has 2 rings (SSSR count). The van der Waals surface area contributed by atoms with Crippen LogP contribution >= 0.6 is 0 Å². The molecule has 2 aromatic heterocycles. The number of rotatable bonds is 1. The van der Waals surface area contributed by atoms with Crippen LogP contribution in [0.1, 0.15) is 27.2 Å². The van der Waals surface area contributed by atoms with Crippen molar-refractivity contribution in [2.24, 2.45) is 7.05 Å². The fourth-order valence-electron chi connectivity index (χ4n) is 1.40. The Morgan fingerprint density at radius 3 is 2.78 bits per heavy atom. The topological polar surface area (TPSA) is 68.0 Å². The van der Waals surface area contributed by atoms with E-state index in [0.717, 1.165) is 5.56 Å². The Kier molecular flexibility index (Phi) is 3.11. The van der Waals surface area contributed by atoms with Crippen molar-refractivity contribution in [1.29, 1.82) is 0 Å². The molecule has 0 saturated carbocycles. The number of aromatic nitrogens is 3. The molecule has 0 aliphatic heterocycles. The molecule has 0 atom stereocenters. The Hall–Kier alpha value is -2.61. The van der Waals surface area contributed by atoms with Crippen LogP contribution in [0.4, 0.5) is 0 Å². The van der Waals surface area contributed by atoms with Gasteiger partial charge in [0.05, 0.1) is 23.0 Å². The van der Waals surface area contributed by atoms with Crippen molar-refractivity contribution in [3.05, 3.63) is 47.0 Å². The molecule has 0 bridgehead atoms. The predicted molar refractivity (Wildman–Crippen MR) is 65.1 cm³/mol. The van der Waals surface area contributed by atoms with E-state index in [4.69, 9.17) is 5.11 Å². The van der Waals surface area contributed by atoms with Gasteiger partial charge in [-0.05, 0) is 13.0 Å². The maximum Gasteiger partial charge on any atom is 0.337 e. The molecule has 90 valence electrons. The first-order chi connectivity index (χ1) is 8.56. The molecule has 0 unspecified atom stereocenters. The van der Waals surface area contributed by atoms with Crippen molar-refractivity contribution in [1.82, 2.24) is 14.8 Å². The van der Waals surface area contributed by atoms with Crippen molar-refractivity contribution in [3.8, 4) is 11.8 Å². The van der Waals surface area contributed by atoms with Crippen LogP contribution < -0.4 is 0 Å². The van der Waals surface area contributed by atoms with Gasteiger partial charge < -0.3 is 5.11 Å². The average molecular weight is 241 g/mol. The normalized spacial score (nSPS) is 9.67. The zero-order chi connectivity index (χ0) is 13.1. The molecule has 18 heavy (non-hydrogen) atoms. The Balaban J connectivity index is 2.37. The fraction of sp³-hybridized carbons (Fsp3) is 0.154. The van der Waals surface area contributed by atoms with E-state index in [9.17, 15) is 4.79 Å². The maximum atomic E-state index is 10.8. The van der Waals surface area contributed by atoms with Crippen molar-refractivity contribution in [2.45, 2.75) is 6.92 Å². The highest BCUT2D eigenvalue weighted by Gasteiger charge is 2.05. The molecule has 0 saturated heterocycles. The lowest BCUT2D eigenvalue weighted by Gasteiger charge is -1.98. The van der Waals surface area contributed by atoms with Crippen LogP contribution in [0.5, 0.6) is 0 Å². The maximum absolute atomic E-state index is 10.8. The number of aryl methyl sites for hydroxylation is 2. The third kappa shape index (κ3) is 2.55. The summed E-state index contributed by atoms with van der Waals surface area (Å²) in [5.74, 6) is 4.82. The molecule has 1 N–H and O–H groups in total. The van der Waals surface area contributed by atoms with Gasteiger partial charge in [0.2, 0.25) is 0 Å². The van der Waals surface area contributed by atoms with E-state index in [0.29, 0.717) is 11.3 Å². The minimum absolute atomic E-state index is 0.135. The largest absolute Gasteiger partial charge is 0.478 e. The molecular formula is C13H11N3O2. The number of carboxylic acids is 1. The predicted octanol–water partition coefficient (Wildman–Crippen LogP) is 1.22. The van der Waals surface area contributed by atoms with Gasteiger partial charge in [-0.15, -0.1) is 0 Å². The first kappa shape index (κ1) is 11.9. The molecule has 0 fully saturated rings. The zero-order valence-corrected chi connectivity index (χ0v) is 10.0. The van der Waals surface area contributed by atoms with Gasteiger partial charge in [-0.3, -0.25) is 9.67 Å². The minimum atomic E-state index is -1.01. The monoisotopic (exact) mass is 241 g/mol. The van der Waals surface area contributed by atoms with E-state index < -0.39 is 5.97 Å². The van der Waals surface area contributed by atoms with Crippen LogP contribution in [-0.2, 0) is 7.05 Å². The quantitative estimate of drug-likeness (QED) is 0.762. The number of carboxylic acid groups (broad SMARTS) is 1. The number of hydrogen-bond donors (Lipinski definition) is 1. The molecule has 5 heteroatoms. The lowest BCUT2D eigenvalue weighted by Crippen LogP contribution is -1.99. The van der Waals surface area contributed by atoms with E-state index >= 15 is 0 Å². The number of nitrogens with zero attached hydrogens (tertiary/aromatic N) is 3. The first-order valence-electron chi connectivity index (χ1n) is 5.27. The number of hydrogen-bond acceptors (Lipinski definition) is 3. The van der Waals surface area contributed by atoms with Gasteiger partial charge in [0.15, 0.2) is 0 Å². The summed E-state index contributed by atoms with van der Waals surface area (Å²) >= 11 is 0. The lowest BCUT2D eigenvalue weighted by atomic mass is 10.1. The van der Waals surface area contributed by atoms with Crippen molar-refractivity contribution < 1.29 is 9.90 Å². The number of carbonyl (C=O) groups is 1. The van der Waals surface area contributed by atoms with Gasteiger partial charge >= 0.3 is 5.97 Å². The smallest absolute Gasteiger partial charge is 0.337 e. The highest BCUT2D eigenvalue weighted by Crippen LogP contribution is 2.07. The molecule has 0 aliphatic rings. The van der Waals surface area contributed by atoms with Crippen molar-refractivity contribution in [2.75, 3.05) is 0 Å². The first-order valence-corrected chi connectivity index (χ1v) is 5.27. The molecular weight excluding hydrogens is 230 g/mol. The summed E-state index contributed by atoms with van der Waals surface area (Å²) in [5.41, 5.74) is 2.23. The fourth-order valence-corrected chi connectivity index (χ4v) is 1.40. The second-order valence-corrected chi connectivity index (χ2v) is 3.81. The number of aromatic carboxylic acids is 1. The Labute approximate surface area is 104 Å². The third-order valence-electron chi connectivity index (χ3n) is 2.38. The van der Waals surface area contributed by atoms with Gasteiger partial charge in [0, 0.05) is 25.0 Å². The molecule has 0 radical (unpaired) electrons. The zero-order valence-electron chi connectivity index (χ0n) is 10.0. The summed E-state index contributed by atoms with van der Waals surface area (Å²) in [6.07, 6.45) is 4.76. The van der Waals surface area contributed by atoms with Gasteiger partial charge in [0.25, 0.3) is 0 Å². The summed E-state index contributed by atoms with van der Waals surface area (Å²) in [4.78, 5) is 14.9. The third-order valence-corrected chi connectivity index (χ3v) is 2.38. The molecule has 5 nitrogen and oxygen atoms in total. The van der Waals surface area contributed by atoms with Gasteiger partial charge in [0.1, 0.15) is 0 Å². The van der Waals surface area contributed by atoms with Crippen LogP contribution in [-0.4, -0.2) is 25.8 Å². The Bertz CT molecular complexity index is 662. The van der Waals surface area contributed by atoms with Gasteiger partial charge in [-0.25, -0.2) is 4.79 Å². The van der Waals surface area contributed by atoms with E-state index in [1.54, 1.807) is 24.0 Å². The highest BCUT2D eigenvalue weighted by atomic mass is 16.4.